The molecule has 2 heterocycles. The van der Waals surface area contributed by atoms with Crippen LogP contribution in [0.3, 0.4) is 0 Å². The van der Waals surface area contributed by atoms with Crippen molar-refractivity contribution in [1.82, 2.24) is 14.9 Å². The fourth-order valence-corrected chi connectivity index (χ4v) is 1.72. The number of ether oxygens (including phenoxy) is 1. The van der Waals surface area contributed by atoms with Crippen LogP contribution in [0, 0.1) is 0 Å². The smallest absolute Gasteiger partial charge is 0.251 e. The summed E-state index contributed by atoms with van der Waals surface area (Å²) in [7, 11) is 2.87. The number of hydrogen-bond donors (Lipinski definition) is 2. The Labute approximate surface area is 103 Å². The summed E-state index contributed by atoms with van der Waals surface area (Å²) in [5, 5.41) is 2.84. The summed E-state index contributed by atoms with van der Waals surface area (Å²) in [5.41, 5.74) is 5.62. The molecule has 1 fully saturated rings. The Morgan fingerprint density at radius 2 is 2.22 bits per heavy atom. The minimum absolute atomic E-state index is 0.0857. The largest absolute Gasteiger partial charge is 0.490 e. The molecule has 1 atom stereocenters. The Morgan fingerprint density at radius 1 is 1.50 bits per heavy atom. The van der Waals surface area contributed by atoms with E-state index in [-0.39, 0.29) is 29.8 Å². The monoisotopic (exact) mass is 251 g/mol. The van der Waals surface area contributed by atoms with Crippen molar-refractivity contribution in [2.45, 2.75) is 12.5 Å². The molecule has 18 heavy (non-hydrogen) atoms. The van der Waals surface area contributed by atoms with Crippen molar-refractivity contribution in [2.24, 2.45) is 0 Å². The maximum Gasteiger partial charge on any atom is 0.251 e. The van der Waals surface area contributed by atoms with Crippen molar-refractivity contribution in [1.29, 1.82) is 0 Å². The third-order valence-electron chi connectivity index (χ3n) is 2.73. The van der Waals surface area contributed by atoms with Crippen molar-refractivity contribution in [3.63, 3.8) is 0 Å². The second kappa shape index (κ2) is 4.47. The number of amides is 2. The summed E-state index contributed by atoms with van der Waals surface area (Å²) < 4.78 is 5.05. The van der Waals surface area contributed by atoms with Crippen molar-refractivity contribution in [3.8, 4) is 5.75 Å². The maximum atomic E-state index is 11.7. The zero-order chi connectivity index (χ0) is 13.3. The van der Waals surface area contributed by atoms with Crippen molar-refractivity contribution < 1.29 is 14.3 Å². The van der Waals surface area contributed by atoms with Gasteiger partial charge in [-0.25, -0.2) is 9.97 Å². The number of aromatic nitrogens is 2. The highest BCUT2D eigenvalue weighted by Crippen LogP contribution is 2.28. The average molecular weight is 251 g/mol. The Kier molecular flexibility index (Phi) is 3.00. The number of anilines is 2. The first-order valence-corrected chi connectivity index (χ1v) is 5.26. The summed E-state index contributed by atoms with van der Waals surface area (Å²) in [5.74, 6) is 0.177. The van der Waals surface area contributed by atoms with E-state index in [2.05, 4.69) is 15.3 Å². The molecule has 1 unspecified atom stereocenters. The Hall–Kier alpha value is -2.38. The van der Waals surface area contributed by atoms with Crippen LogP contribution in [-0.2, 0) is 9.59 Å². The number of carbonyl (C=O) groups excluding carboxylic acids is 2. The molecule has 0 aliphatic carbocycles. The molecular formula is C10H13N5O3. The first-order valence-electron chi connectivity index (χ1n) is 5.26. The predicted octanol–water partition coefficient (Wildman–Crippen LogP) is -0.763. The van der Waals surface area contributed by atoms with Crippen LogP contribution in [0.4, 0.5) is 11.6 Å². The fourth-order valence-electron chi connectivity index (χ4n) is 1.72. The lowest BCUT2D eigenvalue weighted by Crippen LogP contribution is -2.32. The molecule has 1 saturated heterocycles. The van der Waals surface area contributed by atoms with Gasteiger partial charge in [0.05, 0.1) is 13.5 Å². The molecule has 2 amide bonds. The minimum atomic E-state index is -0.648. The maximum absolute atomic E-state index is 11.7. The predicted molar refractivity (Wildman–Crippen MR) is 62.8 cm³/mol. The molecule has 96 valence electrons. The molecule has 0 bridgehead atoms. The summed E-state index contributed by atoms with van der Waals surface area (Å²) in [6, 6.07) is -0.648. The quantitative estimate of drug-likeness (QED) is 0.679. The second-order valence-electron chi connectivity index (χ2n) is 3.83. The van der Waals surface area contributed by atoms with Gasteiger partial charge in [-0.3, -0.25) is 14.5 Å². The normalized spacial score (nSPS) is 19.2. The molecule has 1 aromatic rings. The van der Waals surface area contributed by atoms with Gasteiger partial charge in [-0.15, -0.1) is 0 Å². The van der Waals surface area contributed by atoms with E-state index in [1.165, 1.54) is 20.5 Å². The number of nitrogens with one attached hydrogen (secondary N) is 1. The molecule has 2 rings (SSSR count). The number of carbonyl (C=O) groups is 2. The summed E-state index contributed by atoms with van der Waals surface area (Å²) in [6.45, 7) is 0. The van der Waals surface area contributed by atoms with E-state index in [1.54, 1.807) is 0 Å². The molecule has 3 N–H and O–H groups in total. The lowest BCUT2D eigenvalue weighted by Gasteiger charge is -2.14. The van der Waals surface area contributed by atoms with Crippen LogP contribution in [0.2, 0.25) is 0 Å². The first kappa shape index (κ1) is 12.1. The topological polar surface area (TPSA) is 110 Å². The molecular weight excluding hydrogens is 238 g/mol. The summed E-state index contributed by atoms with van der Waals surface area (Å²) >= 11 is 0. The van der Waals surface area contributed by atoms with Gasteiger partial charge in [0.2, 0.25) is 11.7 Å². The first-order chi connectivity index (χ1) is 8.54. The number of likely N-dealkylation sites (N-methyl/N-ethyl adjacent to an activating group) is 1. The SMILES string of the molecule is COc1c(N)ncnc1NC1CC(=O)N(C)C1=O. The average Bonchev–Trinajstić information content (AvgIpc) is 2.57. The molecule has 1 aromatic heterocycles. The van der Waals surface area contributed by atoms with Crippen LogP contribution in [0.1, 0.15) is 6.42 Å². The fraction of sp³-hybridized carbons (Fsp3) is 0.400. The summed E-state index contributed by atoms with van der Waals surface area (Å²) in [6.07, 6.45) is 1.34. The molecule has 0 aromatic carbocycles. The van der Waals surface area contributed by atoms with E-state index in [0.717, 1.165) is 4.90 Å². The number of nitrogens with zero attached hydrogens (tertiary/aromatic N) is 3. The number of hydrogen-bond acceptors (Lipinski definition) is 7. The van der Waals surface area contributed by atoms with Gasteiger partial charge in [-0.05, 0) is 0 Å². The highest BCUT2D eigenvalue weighted by Gasteiger charge is 2.36. The minimum Gasteiger partial charge on any atom is -0.490 e. The molecule has 0 radical (unpaired) electrons. The number of imide groups is 1. The van der Waals surface area contributed by atoms with E-state index >= 15 is 0 Å². The van der Waals surface area contributed by atoms with Crippen molar-refractivity contribution in [3.05, 3.63) is 6.33 Å². The summed E-state index contributed by atoms with van der Waals surface area (Å²) in [4.78, 5) is 31.9. The van der Waals surface area contributed by atoms with Gasteiger partial charge in [-0.2, -0.15) is 0 Å². The van der Waals surface area contributed by atoms with Crippen LogP contribution in [0.5, 0.6) is 5.75 Å². The molecule has 0 spiro atoms. The van der Waals surface area contributed by atoms with Crippen molar-refractivity contribution >= 4 is 23.5 Å². The highest BCUT2D eigenvalue weighted by atomic mass is 16.5. The lowest BCUT2D eigenvalue weighted by molar-refractivity contribution is -0.136. The van der Waals surface area contributed by atoms with Gasteiger partial charge in [0.1, 0.15) is 12.4 Å². The Bertz CT molecular complexity index is 504. The Balaban J connectivity index is 2.23. The number of likely N-dealkylation sites (tertiary alicyclic amines) is 1. The van der Waals surface area contributed by atoms with Crippen molar-refractivity contribution in [2.75, 3.05) is 25.2 Å². The molecule has 8 nitrogen and oxygen atoms in total. The number of methoxy groups -OCH3 is 1. The van der Waals surface area contributed by atoms with Crippen LogP contribution in [0.25, 0.3) is 0 Å². The second-order valence-corrected chi connectivity index (χ2v) is 3.83. The highest BCUT2D eigenvalue weighted by molar-refractivity contribution is 6.06. The standard InChI is InChI=1S/C10H13N5O3/c1-15-6(16)3-5(10(15)17)14-9-7(18-2)8(11)12-4-13-9/h4-5H,3H2,1-2H3,(H3,11,12,13,14). The van der Waals surface area contributed by atoms with Gasteiger partial charge >= 0.3 is 0 Å². The third-order valence-corrected chi connectivity index (χ3v) is 2.73. The molecule has 1 aliphatic heterocycles. The van der Waals surface area contributed by atoms with E-state index in [1.807, 2.05) is 0 Å². The van der Waals surface area contributed by atoms with E-state index in [0.29, 0.717) is 5.82 Å². The third kappa shape index (κ3) is 1.92. The molecule has 8 heteroatoms. The van der Waals surface area contributed by atoms with Crippen LogP contribution >= 0.6 is 0 Å². The molecule has 1 aliphatic rings. The zero-order valence-corrected chi connectivity index (χ0v) is 10.0. The van der Waals surface area contributed by atoms with E-state index < -0.39 is 6.04 Å². The van der Waals surface area contributed by atoms with Gasteiger partial charge in [0.25, 0.3) is 5.91 Å². The van der Waals surface area contributed by atoms with Crippen LogP contribution in [-0.4, -0.2) is 46.9 Å². The van der Waals surface area contributed by atoms with E-state index in [9.17, 15) is 9.59 Å². The van der Waals surface area contributed by atoms with Crippen LogP contribution in [0.15, 0.2) is 6.33 Å². The Morgan fingerprint density at radius 3 is 2.78 bits per heavy atom. The zero-order valence-electron chi connectivity index (χ0n) is 10.0. The number of rotatable bonds is 3. The van der Waals surface area contributed by atoms with Gasteiger partial charge < -0.3 is 15.8 Å². The number of nitrogens with two attached hydrogens (primary N) is 1. The van der Waals surface area contributed by atoms with Gasteiger partial charge in [-0.1, -0.05) is 0 Å². The van der Waals surface area contributed by atoms with Gasteiger partial charge in [0, 0.05) is 7.05 Å². The number of nitrogen functional groups attached to an aromatic ring is 1. The lowest BCUT2D eigenvalue weighted by atomic mass is 10.2. The van der Waals surface area contributed by atoms with Crippen LogP contribution < -0.4 is 15.8 Å². The van der Waals surface area contributed by atoms with Gasteiger partial charge in [0.15, 0.2) is 11.6 Å². The molecule has 0 saturated carbocycles. The van der Waals surface area contributed by atoms with E-state index in [4.69, 9.17) is 10.5 Å².